The normalized spacial score (nSPS) is 15.2. The van der Waals surface area contributed by atoms with Gasteiger partial charge in [-0.2, -0.15) is 13.2 Å². The van der Waals surface area contributed by atoms with Crippen molar-refractivity contribution >= 4 is 22.9 Å². The van der Waals surface area contributed by atoms with E-state index in [0.717, 1.165) is 6.07 Å². The van der Waals surface area contributed by atoms with Crippen LogP contribution in [0.3, 0.4) is 0 Å². The number of hydrogen-bond donors (Lipinski definition) is 0. The quantitative estimate of drug-likeness (QED) is 0.665. The number of fused-ring (bicyclic) bond motifs is 1. The van der Waals surface area contributed by atoms with Gasteiger partial charge >= 0.3 is 6.18 Å². The Labute approximate surface area is 163 Å². The van der Waals surface area contributed by atoms with Crippen molar-refractivity contribution in [2.75, 3.05) is 31.1 Å². The summed E-state index contributed by atoms with van der Waals surface area (Å²) in [4.78, 5) is 24.6. The molecule has 1 fully saturated rings. The molecule has 1 saturated heterocycles. The zero-order valence-electron chi connectivity index (χ0n) is 15.6. The molecule has 0 unspecified atom stereocenters. The first-order chi connectivity index (χ1) is 13.9. The minimum absolute atomic E-state index is 0.276. The number of benzene rings is 1. The standard InChI is InChI=1S/C18H18F3N7O/c1-2-28-16-14(24-25-28)15(22-11-23-16)26-7-9-27(10-8-26)17(29)12-5-3-4-6-13(12)18(19,20)21/h3-6,11H,2,7-10H2,1H3. The average Bonchev–Trinajstić information content (AvgIpc) is 3.16. The van der Waals surface area contributed by atoms with E-state index in [1.54, 1.807) is 4.68 Å². The molecule has 29 heavy (non-hydrogen) atoms. The van der Waals surface area contributed by atoms with Gasteiger partial charge < -0.3 is 9.80 Å². The third kappa shape index (κ3) is 3.47. The summed E-state index contributed by atoms with van der Waals surface area (Å²) in [7, 11) is 0. The minimum atomic E-state index is -4.58. The van der Waals surface area contributed by atoms with Crippen molar-refractivity contribution in [3.63, 3.8) is 0 Å². The Hall–Kier alpha value is -3.24. The molecule has 0 atom stereocenters. The highest BCUT2D eigenvalue weighted by atomic mass is 19.4. The highest BCUT2D eigenvalue weighted by Gasteiger charge is 2.36. The van der Waals surface area contributed by atoms with Gasteiger partial charge in [0.25, 0.3) is 5.91 Å². The van der Waals surface area contributed by atoms with Gasteiger partial charge in [0.15, 0.2) is 17.0 Å². The maximum Gasteiger partial charge on any atom is 0.417 e. The predicted octanol–water partition coefficient (Wildman–Crippen LogP) is 2.22. The van der Waals surface area contributed by atoms with E-state index in [1.807, 2.05) is 11.8 Å². The van der Waals surface area contributed by atoms with Crippen LogP contribution in [0.1, 0.15) is 22.8 Å². The van der Waals surface area contributed by atoms with Gasteiger partial charge in [0.05, 0.1) is 11.1 Å². The van der Waals surface area contributed by atoms with Crippen LogP contribution in [0, 0.1) is 0 Å². The van der Waals surface area contributed by atoms with Gasteiger partial charge in [-0.3, -0.25) is 4.79 Å². The van der Waals surface area contributed by atoms with E-state index >= 15 is 0 Å². The van der Waals surface area contributed by atoms with Crippen LogP contribution < -0.4 is 4.90 Å². The summed E-state index contributed by atoms with van der Waals surface area (Å²) >= 11 is 0. The van der Waals surface area contributed by atoms with Crippen LogP contribution in [0.15, 0.2) is 30.6 Å². The molecule has 0 spiro atoms. The van der Waals surface area contributed by atoms with Crippen LogP contribution in [0.5, 0.6) is 0 Å². The van der Waals surface area contributed by atoms with Gasteiger partial charge in [-0.1, -0.05) is 17.3 Å². The lowest BCUT2D eigenvalue weighted by atomic mass is 10.1. The molecule has 8 nitrogen and oxygen atoms in total. The maximum absolute atomic E-state index is 13.2. The number of aryl methyl sites for hydroxylation is 1. The molecule has 3 heterocycles. The number of nitrogens with zero attached hydrogens (tertiary/aromatic N) is 7. The minimum Gasteiger partial charge on any atom is -0.351 e. The van der Waals surface area contributed by atoms with Gasteiger partial charge in [0.2, 0.25) is 0 Å². The average molecular weight is 405 g/mol. The number of rotatable bonds is 3. The van der Waals surface area contributed by atoms with E-state index in [1.165, 1.54) is 29.4 Å². The van der Waals surface area contributed by atoms with Gasteiger partial charge in [-0.15, -0.1) is 5.10 Å². The zero-order valence-corrected chi connectivity index (χ0v) is 15.6. The molecule has 0 N–H and O–H groups in total. The summed E-state index contributed by atoms with van der Waals surface area (Å²) in [6, 6.07) is 4.86. The molecule has 2 aromatic heterocycles. The lowest BCUT2D eigenvalue weighted by Crippen LogP contribution is -2.49. The Kier molecular flexibility index (Phi) is 4.81. The number of aromatic nitrogens is 5. The summed E-state index contributed by atoms with van der Waals surface area (Å²) in [6.07, 6.45) is -3.14. The van der Waals surface area contributed by atoms with E-state index in [0.29, 0.717) is 36.6 Å². The first kappa shape index (κ1) is 19.1. The van der Waals surface area contributed by atoms with Crippen molar-refractivity contribution < 1.29 is 18.0 Å². The third-order valence-corrected chi connectivity index (χ3v) is 4.91. The molecule has 0 radical (unpaired) electrons. The zero-order chi connectivity index (χ0) is 20.6. The summed E-state index contributed by atoms with van der Waals surface area (Å²) in [5, 5.41) is 8.20. The number of hydrogen-bond acceptors (Lipinski definition) is 6. The lowest BCUT2D eigenvalue weighted by Gasteiger charge is -2.35. The van der Waals surface area contributed by atoms with Crippen LogP contribution in [-0.2, 0) is 12.7 Å². The predicted molar refractivity (Wildman–Crippen MR) is 98.4 cm³/mol. The number of carbonyl (C=O) groups is 1. The first-order valence-electron chi connectivity index (χ1n) is 9.14. The number of piperazine rings is 1. The van der Waals surface area contributed by atoms with Gasteiger partial charge in [-0.05, 0) is 19.1 Å². The molecular weight excluding hydrogens is 387 g/mol. The summed E-state index contributed by atoms with van der Waals surface area (Å²) in [5.41, 5.74) is -0.0588. The SMILES string of the molecule is CCn1nnc2c(N3CCN(C(=O)c4ccccc4C(F)(F)F)CC3)ncnc21. The number of anilines is 1. The highest BCUT2D eigenvalue weighted by Crippen LogP contribution is 2.32. The summed E-state index contributed by atoms with van der Waals surface area (Å²) < 4.78 is 41.4. The Morgan fingerprint density at radius 1 is 1.10 bits per heavy atom. The van der Waals surface area contributed by atoms with Crippen molar-refractivity contribution in [1.82, 2.24) is 29.9 Å². The Bertz CT molecular complexity index is 1040. The Morgan fingerprint density at radius 3 is 2.52 bits per heavy atom. The molecule has 152 valence electrons. The second kappa shape index (κ2) is 7.30. The monoisotopic (exact) mass is 405 g/mol. The van der Waals surface area contributed by atoms with Crippen LogP contribution in [-0.4, -0.2) is 61.9 Å². The Balaban J connectivity index is 1.52. The van der Waals surface area contributed by atoms with E-state index < -0.39 is 17.6 Å². The fourth-order valence-corrected chi connectivity index (χ4v) is 3.43. The maximum atomic E-state index is 13.2. The van der Waals surface area contributed by atoms with Crippen molar-refractivity contribution in [1.29, 1.82) is 0 Å². The molecular formula is C18H18F3N7O. The third-order valence-electron chi connectivity index (χ3n) is 4.91. The topological polar surface area (TPSA) is 80.0 Å². The number of amides is 1. The smallest absolute Gasteiger partial charge is 0.351 e. The molecule has 0 saturated carbocycles. The van der Waals surface area contributed by atoms with Gasteiger partial charge in [-0.25, -0.2) is 14.6 Å². The van der Waals surface area contributed by atoms with Crippen LogP contribution in [0.4, 0.5) is 19.0 Å². The van der Waals surface area contributed by atoms with E-state index in [4.69, 9.17) is 0 Å². The highest BCUT2D eigenvalue weighted by molar-refractivity contribution is 5.96. The van der Waals surface area contributed by atoms with E-state index in [2.05, 4.69) is 20.3 Å². The second-order valence-corrected chi connectivity index (χ2v) is 6.60. The number of alkyl halides is 3. The molecule has 1 aliphatic rings. The molecule has 4 rings (SSSR count). The van der Waals surface area contributed by atoms with E-state index in [9.17, 15) is 18.0 Å². The van der Waals surface area contributed by atoms with Crippen LogP contribution in [0.2, 0.25) is 0 Å². The first-order valence-corrected chi connectivity index (χ1v) is 9.14. The lowest BCUT2D eigenvalue weighted by molar-refractivity contribution is -0.138. The summed E-state index contributed by atoms with van der Waals surface area (Å²) in [5.74, 6) is -0.0140. The van der Waals surface area contributed by atoms with Crippen molar-refractivity contribution in [2.24, 2.45) is 0 Å². The molecule has 1 aliphatic heterocycles. The Morgan fingerprint density at radius 2 is 1.83 bits per heavy atom. The van der Waals surface area contributed by atoms with Gasteiger partial charge in [0, 0.05) is 32.7 Å². The van der Waals surface area contributed by atoms with Crippen molar-refractivity contribution in [2.45, 2.75) is 19.6 Å². The molecule has 3 aromatic rings. The second-order valence-electron chi connectivity index (χ2n) is 6.60. The molecule has 1 aromatic carbocycles. The summed E-state index contributed by atoms with van der Waals surface area (Å²) in [6.45, 7) is 3.94. The van der Waals surface area contributed by atoms with E-state index in [-0.39, 0.29) is 18.7 Å². The van der Waals surface area contributed by atoms with Gasteiger partial charge in [0.1, 0.15) is 6.33 Å². The fourth-order valence-electron chi connectivity index (χ4n) is 3.43. The van der Waals surface area contributed by atoms with Crippen LogP contribution >= 0.6 is 0 Å². The van der Waals surface area contributed by atoms with Crippen molar-refractivity contribution in [3.05, 3.63) is 41.7 Å². The molecule has 0 bridgehead atoms. The van der Waals surface area contributed by atoms with Crippen LogP contribution in [0.25, 0.3) is 11.2 Å². The number of halogens is 3. The number of carbonyl (C=O) groups excluding carboxylic acids is 1. The molecule has 0 aliphatic carbocycles. The largest absolute Gasteiger partial charge is 0.417 e. The van der Waals surface area contributed by atoms with Crippen molar-refractivity contribution in [3.8, 4) is 0 Å². The molecule has 11 heteroatoms. The molecule has 1 amide bonds. The fraction of sp³-hybridized carbons (Fsp3) is 0.389.